The van der Waals surface area contributed by atoms with Crippen molar-refractivity contribution in [2.24, 2.45) is 0 Å². The van der Waals surface area contributed by atoms with Crippen molar-refractivity contribution >= 4 is 5.97 Å². The molecule has 0 aliphatic heterocycles. The molecule has 13 heavy (non-hydrogen) atoms. The number of nitrogens with zero attached hydrogens (tertiary/aromatic N) is 1. The highest BCUT2D eigenvalue weighted by Crippen LogP contribution is 2.18. The van der Waals surface area contributed by atoms with Gasteiger partial charge in [0.05, 0.1) is 6.33 Å². The Hall–Kier alpha value is -1.52. The molecule has 5 heteroatoms. The number of carboxylic acids is 1. The third-order valence-corrected chi connectivity index (χ3v) is 1.22. The van der Waals surface area contributed by atoms with Crippen molar-refractivity contribution in [1.82, 2.24) is 9.97 Å². The number of aromatic carboxylic acids is 1. The molecule has 0 bridgehead atoms. The second kappa shape index (κ2) is 3.08. The Morgan fingerprint density at radius 2 is 2.23 bits per heavy atom. The van der Waals surface area contributed by atoms with Crippen molar-refractivity contribution < 1.29 is 14.6 Å². The minimum atomic E-state index is -1.07. The molecule has 72 valence electrons. The summed E-state index contributed by atoms with van der Waals surface area (Å²) in [6, 6.07) is 0. The topological polar surface area (TPSA) is 75.2 Å². The average Bonchev–Trinajstić information content (AvgIpc) is 2.31. The molecule has 2 N–H and O–H groups in total. The number of hydrogen-bond acceptors (Lipinski definition) is 3. The fourth-order valence-corrected chi connectivity index (χ4v) is 0.802. The normalized spacial score (nSPS) is 11.3. The number of carboxylic acid groups (broad SMARTS) is 1. The van der Waals surface area contributed by atoms with Crippen LogP contribution in [-0.4, -0.2) is 26.6 Å². The van der Waals surface area contributed by atoms with Gasteiger partial charge in [-0.2, -0.15) is 0 Å². The third kappa shape index (κ3) is 2.47. The molecule has 0 radical (unpaired) electrons. The van der Waals surface area contributed by atoms with Gasteiger partial charge in [-0.25, -0.2) is 9.78 Å². The maximum absolute atomic E-state index is 10.6. The molecular formula is C8H12N2O3. The summed E-state index contributed by atoms with van der Waals surface area (Å²) < 4.78 is 5.31. The van der Waals surface area contributed by atoms with Gasteiger partial charge in [-0.15, -0.1) is 0 Å². The minimum Gasteiger partial charge on any atom is -0.476 e. The molecule has 0 aliphatic rings. The van der Waals surface area contributed by atoms with Crippen LogP contribution in [0.1, 0.15) is 31.3 Å². The van der Waals surface area contributed by atoms with Crippen molar-refractivity contribution in [3.63, 3.8) is 0 Å². The van der Waals surface area contributed by atoms with Gasteiger partial charge in [0.25, 0.3) is 0 Å². The van der Waals surface area contributed by atoms with Crippen LogP contribution in [0.2, 0.25) is 0 Å². The van der Waals surface area contributed by atoms with E-state index in [0.29, 0.717) is 0 Å². The molecule has 0 aromatic carbocycles. The van der Waals surface area contributed by atoms with E-state index in [2.05, 4.69) is 9.97 Å². The molecule has 0 spiro atoms. The van der Waals surface area contributed by atoms with E-state index in [1.807, 2.05) is 20.8 Å². The van der Waals surface area contributed by atoms with E-state index in [4.69, 9.17) is 9.84 Å². The Kier molecular flexibility index (Phi) is 2.27. The largest absolute Gasteiger partial charge is 0.476 e. The predicted molar refractivity (Wildman–Crippen MR) is 45.9 cm³/mol. The maximum Gasteiger partial charge on any atom is 0.358 e. The smallest absolute Gasteiger partial charge is 0.358 e. The summed E-state index contributed by atoms with van der Waals surface area (Å²) >= 11 is 0. The zero-order valence-electron chi connectivity index (χ0n) is 7.79. The first kappa shape index (κ1) is 9.57. The maximum atomic E-state index is 10.6. The fourth-order valence-electron chi connectivity index (χ4n) is 0.802. The summed E-state index contributed by atoms with van der Waals surface area (Å²) in [6.07, 6.45) is 1.30. The van der Waals surface area contributed by atoms with E-state index in [1.165, 1.54) is 6.33 Å². The Balaban J connectivity index is 2.89. The predicted octanol–water partition coefficient (Wildman–Crippen LogP) is 1.29. The highest BCUT2D eigenvalue weighted by atomic mass is 16.5. The van der Waals surface area contributed by atoms with Crippen molar-refractivity contribution in [1.29, 1.82) is 0 Å². The molecule has 0 aliphatic carbocycles. The van der Waals surface area contributed by atoms with Gasteiger partial charge in [-0.05, 0) is 20.8 Å². The number of rotatable bonds is 2. The minimum absolute atomic E-state index is 0.0186. The molecule has 0 saturated carbocycles. The van der Waals surface area contributed by atoms with Crippen LogP contribution in [0.3, 0.4) is 0 Å². The fraction of sp³-hybridized carbons (Fsp3) is 0.500. The summed E-state index contributed by atoms with van der Waals surface area (Å²) in [6.45, 7) is 5.48. The number of ether oxygens (including phenoxy) is 1. The van der Waals surface area contributed by atoms with Crippen molar-refractivity contribution in [3.8, 4) is 5.88 Å². The van der Waals surface area contributed by atoms with E-state index in [0.717, 1.165) is 0 Å². The molecule has 0 amide bonds. The van der Waals surface area contributed by atoms with Crippen LogP contribution >= 0.6 is 0 Å². The number of H-pyrrole nitrogens is 1. The van der Waals surface area contributed by atoms with Gasteiger partial charge in [-0.3, -0.25) is 0 Å². The Bertz CT molecular complexity index is 311. The van der Waals surface area contributed by atoms with Gasteiger partial charge in [0.15, 0.2) is 5.69 Å². The van der Waals surface area contributed by atoms with E-state index in [1.54, 1.807) is 0 Å². The Morgan fingerprint density at radius 1 is 1.62 bits per heavy atom. The summed E-state index contributed by atoms with van der Waals surface area (Å²) in [4.78, 5) is 16.9. The van der Waals surface area contributed by atoms with Crippen LogP contribution in [0, 0.1) is 0 Å². The first-order valence-corrected chi connectivity index (χ1v) is 3.86. The van der Waals surface area contributed by atoms with Crippen LogP contribution in [0.25, 0.3) is 0 Å². The van der Waals surface area contributed by atoms with Gasteiger partial charge in [0.2, 0.25) is 5.88 Å². The van der Waals surface area contributed by atoms with Crippen LogP contribution in [0.5, 0.6) is 5.88 Å². The van der Waals surface area contributed by atoms with Crippen LogP contribution in [0.4, 0.5) is 0 Å². The van der Waals surface area contributed by atoms with E-state index in [-0.39, 0.29) is 11.6 Å². The molecule has 1 rings (SSSR count). The summed E-state index contributed by atoms with van der Waals surface area (Å²) in [5, 5.41) is 8.70. The highest BCUT2D eigenvalue weighted by molar-refractivity contribution is 5.87. The third-order valence-electron chi connectivity index (χ3n) is 1.22. The molecular weight excluding hydrogens is 172 g/mol. The highest BCUT2D eigenvalue weighted by Gasteiger charge is 2.20. The van der Waals surface area contributed by atoms with Gasteiger partial charge in [0, 0.05) is 0 Å². The van der Waals surface area contributed by atoms with Crippen molar-refractivity contribution in [2.45, 2.75) is 26.4 Å². The standard InChI is InChI=1S/C8H12N2O3/c1-8(2,3)13-6-5(7(11)12)9-4-10-6/h4H,1-3H3,(H,9,10)(H,11,12). The molecule has 1 heterocycles. The lowest BCUT2D eigenvalue weighted by Gasteiger charge is -2.19. The number of carbonyl (C=O) groups is 1. The molecule has 5 nitrogen and oxygen atoms in total. The van der Waals surface area contributed by atoms with Gasteiger partial charge < -0.3 is 14.8 Å². The number of imidazole rings is 1. The number of nitrogens with one attached hydrogen (secondary N) is 1. The quantitative estimate of drug-likeness (QED) is 0.726. The molecule has 0 saturated heterocycles. The summed E-state index contributed by atoms with van der Waals surface area (Å²) in [5.74, 6) is -0.947. The number of aromatic nitrogens is 2. The van der Waals surface area contributed by atoms with Crippen LogP contribution in [-0.2, 0) is 0 Å². The average molecular weight is 184 g/mol. The Morgan fingerprint density at radius 3 is 2.69 bits per heavy atom. The lowest BCUT2D eigenvalue weighted by molar-refractivity contribution is 0.0673. The van der Waals surface area contributed by atoms with E-state index in [9.17, 15) is 4.79 Å². The van der Waals surface area contributed by atoms with Gasteiger partial charge in [-0.1, -0.05) is 0 Å². The lowest BCUT2D eigenvalue weighted by atomic mass is 10.2. The Labute approximate surface area is 75.8 Å². The van der Waals surface area contributed by atoms with Crippen molar-refractivity contribution in [3.05, 3.63) is 12.0 Å². The van der Waals surface area contributed by atoms with Crippen LogP contribution in [0.15, 0.2) is 6.33 Å². The molecule has 0 unspecified atom stereocenters. The zero-order valence-corrected chi connectivity index (χ0v) is 7.79. The lowest BCUT2D eigenvalue weighted by Crippen LogP contribution is -2.24. The first-order chi connectivity index (χ1) is 5.90. The second-order valence-corrected chi connectivity index (χ2v) is 3.60. The molecule has 1 aromatic heterocycles. The SMILES string of the molecule is CC(C)(C)Oc1nc[nH]c1C(=O)O. The molecule has 1 aromatic rings. The second-order valence-electron chi connectivity index (χ2n) is 3.60. The van der Waals surface area contributed by atoms with E-state index < -0.39 is 11.6 Å². The number of hydrogen-bond donors (Lipinski definition) is 2. The molecule has 0 atom stereocenters. The summed E-state index contributed by atoms with van der Waals surface area (Å²) in [5.41, 5.74) is -0.464. The van der Waals surface area contributed by atoms with Gasteiger partial charge >= 0.3 is 5.97 Å². The number of aromatic amines is 1. The van der Waals surface area contributed by atoms with Crippen molar-refractivity contribution in [2.75, 3.05) is 0 Å². The zero-order chi connectivity index (χ0) is 10.1. The first-order valence-electron chi connectivity index (χ1n) is 3.86. The van der Waals surface area contributed by atoms with E-state index >= 15 is 0 Å². The molecule has 0 fully saturated rings. The van der Waals surface area contributed by atoms with Crippen LogP contribution < -0.4 is 4.74 Å². The monoisotopic (exact) mass is 184 g/mol. The summed E-state index contributed by atoms with van der Waals surface area (Å²) in [7, 11) is 0. The van der Waals surface area contributed by atoms with Gasteiger partial charge in [0.1, 0.15) is 5.60 Å².